The Labute approximate surface area is 131 Å². The number of carbonyl (C=O) groups excluding carboxylic acids is 1. The number of nitrogens with zero attached hydrogens (tertiary/aromatic N) is 3. The smallest absolute Gasteiger partial charge is 0.226 e. The molecule has 2 aliphatic heterocycles. The standard InChI is InChI=1S/C17H25N3O2/c1-19(11-13-2-3-15-18-6-7-20(15)12-13)16(21)14-10-17(14)4-8-22-9-5-17/h6-7,13-14H,2-5,8-12H2,1H3/t13-,14-/m0/s1. The summed E-state index contributed by atoms with van der Waals surface area (Å²) in [6, 6.07) is 0. The molecule has 3 aliphatic rings. The molecule has 2 fully saturated rings. The van der Waals surface area contributed by atoms with Gasteiger partial charge in [-0.1, -0.05) is 0 Å². The average molecular weight is 303 g/mol. The van der Waals surface area contributed by atoms with Gasteiger partial charge in [0, 0.05) is 58.1 Å². The minimum Gasteiger partial charge on any atom is -0.381 e. The van der Waals surface area contributed by atoms with E-state index in [1.807, 2.05) is 18.1 Å². The molecule has 4 rings (SSSR count). The van der Waals surface area contributed by atoms with Crippen LogP contribution in [0.15, 0.2) is 12.4 Å². The Hall–Kier alpha value is -1.36. The third-order valence-electron chi connectivity index (χ3n) is 5.92. The fourth-order valence-electron chi connectivity index (χ4n) is 4.36. The fraction of sp³-hybridized carbons (Fsp3) is 0.765. The van der Waals surface area contributed by atoms with Crippen molar-refractivity contribution in [3.63, 3.8) is 0 Å². The molecule has 120 valence electrons. The highest BCUT2D eigenvalue weighted by molar-refractivity contribution is 5.82. The molecule has 0 aromatic carbocycles. The first-order valence-corrected chi connectivity index (χ1v) is 8.51. The lowest BCUT2D eigenvalue weighted by Gasteiger charge is -2.29. The second-order valence-electron chi connectivity index (χ2n) is 7.35. The Morgan fingerprint density at radius 1 is 1.50 bits per heavy atom. The molecule has 22 heavy (non-hydrogen) atoms. The molecule has 1 aromatic heterocycles. The Bertz CT molecular complexity index is 562. The van der Waals surface area contributed by atoms with Crippen molar-refractivity contribution >= 4 is 5.91 Å². The molecule has 0 N–H and O–H groups in total. The average Bonchev–Trinajstić information content (AvgIpc) is 3.01. The normalized spacial score (nSPS) is 29.1. The number of aromatic nitrogens is 2. The summed E-state index contributed by atoms with van der Waals surface area (Å²) in [4.78, 5) is 19.1. The van der Waals surface area contributed by atoms with Crippen LogP contribution in [0.3, 0.4) is 0 Å². The second kappa shape index (κ2) is 5.37. The maximum atomic E-state index is 12.7. The first-order valence-electron chi connectivity index (χ1n) is 8.51. The number of carbonyl (C=O) groups is 1. The largest absolute Gasteiger partial charge is 0.381 e. The van der Waals surface area contributed by atoms with Crippen molar-refractivity contribution in [2.45, 2.75) is 38.6 Å². The zero-order valence-electron chi connectivity index (χ0n) is 13.3. The number of hydrogen-bond acceptors (Lipinski definition) is 3. The van der Waals surface area contributed by atoms with Crippen LogP contribution in [0.25, 0.3) is 0 Å². The van der Waals surface area contributed by atoms with Gasteiger partial charge in [-0.3, -0.25) is 4.79 Å². The SMILES string of the molecule is CN(C[C@@H]1CCc2nccn2C1)C(=O)[C@@H]1CC12CCOCC2. The van der Waals surface area contributed by atoms with Gasteiger partial charge in [-0.15, -0.1) is 0 Å². The van der Waals surface area contributed by atoms with Gasteiger partial charge in [0.05, 0.1) is 0 Å². The van der Waals surface area contributed by atoms with Gasteiger partial charge < -0.3 is 14.2 Å². The van der Waals surface area contributed by atoms with Crippen LogP contribution in [0.4, 0.5) is 0 Å². The van der Waals surface area contributed by atoms with Gasteiger partial charge in [-0.25, -0.2) is 4.98 Å². The maximum absolute atomic E-state index is 12.7. The van der Waals surface area contributed by atoms with Gasteiger partial charge in [-0.2, -0.15) is 0 Å². The number of hydrogen-bond donors (Lipinski definition) is 0. The summed E-state index contributed by atoms with van der Waals surface area (Å²) < 4.78 is 7.69. The third kappa shape index (κ3) is 2.45. The zero-order chi connectivity index (χ0) is 15.2. The lowest BCUT2D eigenvalue weighted by atomic mass is 9.93. The summed E-state index contributed by atoms with van der Waals surface area (Å²) in [5.41, 5.74) is 0.285. The molecule has 0 bridgehead atoms. The molecule has 5 heteroatoms. The highest BCUT2D eigenvalue weighted by Gasteiger charge is 2.58. The van der Waals surface area contributed by atoms with Crippen molar-refractivity contribution in [3.05, 3.63) is 18.2 Å². The van der Waals surface area contributed by atoms with Crippen LogP contribution in [0.1, 0.15) is 31.5 Å². The Balaban J connectivity index is 1.33. The van der Waals surface area contributed by atoms with Crippen molar-refractivity contribution in [2.75, 3.05) is 26.8 Å². The van der Waals surface area contributed by atoms with E-state index in [4.69, 9.17) is 4.74 Å². The van der Waals surface area contributed by atoms with E-state index in [1.54, 1.807) is 0 Å². The number of aryl methyl sites for hydroxylation is 1. The van der Waals surface area contributed by atoms with Crippen LogP contribution in [-0.4, -0.2) is 47.2 Å². The third-order valence-corrected chi connectivity index (χ3v) is 5.92. The first kappa shape index (κ1) is 14.2. The molecular formula is C17H25N3O2. The molecule has 3 heterocycles. The van der Waals surface area contributed by atoms with Gasteiger partial charge in [0.15, 0.2) is 0 Å². The Morgan fingerprint density at radius 3 is 3.14 bits per heavy atom. The monoisotopic (exact) mass is 303 g/mol. The van der Waals surface area contributed by atoms with Crippen LogP contribution < -0.4 is 0 Å². The number of imidazole rings is 1. The second-order valence-corrected chi connectivity index (χ2v) is 7.35. The summed E-state index contributed by atoms with van der Waals surface area (Å²) in [5.74, 6) is 2.36. The summed E-state index contributed by atoms with van der Waals surface area (Å²) in [6.45, 7) is 3.54. The van der Waals surface area contributed by atoms with Crippen molar-refractivity contribution in [2.24, 2.45) is 17.3 Å². The van der Waals surface area contributed by atoms with E-state index >= 15 is 0 Å². The number of ether oxygens (including phenoxy) is 1. The predicted molar refractivity (Wildman–Crippen MR) is 82.3 cm³/mol. The van der Waals surface area contributed by atoms with E-state index in [2.05, 4.69) is 15.7 Å². The molecule has 1 saturated heterocycles. The van der Waals surface area contributed by atoms with Gasteiger partial charge in [0.1, 0.15) is 5.82 Å². The molecule has 5 nitrogen and oxygen atoms in total. The molecule has 1 amide bonds. The topological polar surface area (TPSA) is 47.4 Å². The summed E-state index contributed by atoms with van der Waals surface area (Å²) in [6.07, 6.45) is 9.32. The van der Waals surface area contributed by atoms with Gasteiger partial charge in [-0.05, 0) is 37.0 Å². The molecule has 1 aromatic rings. The Morgan fingerprint density at radius 2 is 2.32 bits per heavy atom. The minimum absolute atomic E-state index is 0.258. The number of fused-ring (bicyclic) bond motifs is 1. The molecule has 1 aliphatic carbocycles. The fourth-order valence-corrected chi connectivity index (χ4v) is 4.36. The lowest BCUT2D eigenvalue weighted by molar-refractivity contribution is -0.133. The summed E-state index contributed by atoms with van der Waals surface area (Å²) in [5, 5.41) is 0. The summed E-state index contributed by atoms with van der Waals surface area (Å²) >= 11 is 0. The number of amides is 1. The quantitative estimate of drug-likeness (QED) is 0.854. The minimum atomic E-state index is 0.258. The van der Waals surface area contributed by atoms with Crippen LogP contribution >= 0.6 is 0 Å². The van der Waals surface area contributed by atoms with Gasteiger partial charge >= 0.3 is 0 Å². The first-order chi connectivity index (χ1) is 10.7. The predicted octanol–water partition coefficient (Wildman–Crippen LogP) is 1.72. The van der Waals surface area contributed by atoms with E-state index in [0.717, 1.165) is 58.4 Å². The van der Waals surface area contributed by atoms with E-state index in [0.29, 0.717) is 11.8 Å². The lowest BCUT2D eigenvalue weighted by Crippen LogP contribution is -2.37. The van der Waals surface area contributed by atoms with E-state index < -0.39 is 0 Å². The Kier molecular flexibility index (Phi) is 3.48. The molecule has 1 spiro atoms. The van der Waals surface area contributed by atoms with Gasteiger partial charge in [0.25, 0.3) is 0 Å². The van der Waals surface area contributed by atoms with E-state index in [9.17, 15) is 4.79 Å². The van der Waals surface area contributed by atoms with Crippen LogP contribution in [0, 0.1) is 17.3 Å². The van der Waals surface area contributed by atoms with E-state index in [1.165, 1.54) is 5.82 Å². The number of rotatable bonds is 3. The van der Waals surface area contributed by atoms with Crippen molar-refractivity contribution in [1.82, 2.24) is 14.5 Å². The van der Waals surface area contributed by atoms with Crippen LogP contribution in [0.2, 0.25) is 0 Å². The zero-order valence-corrected chi connectivity index (χ0v) is 13.3. The summed E-state index contributed by atoms with van der Waals surface area (Å²) in [7, 11) is 1.98. The van der Waals surface area contributed by atoms with Crippen molar-refractivity contribution < 1.29 is 9.53 Å². The van der Waals surface area contributed by atoms with Crippen molar-refractivity contribution in [1.29, 1.82) is 0 Å². The molecule has 0 unspecified atom stereocenters. The van der Waals surface area contributed by atoms with Crippen molar-refractivity contribution in [3.8, 4) is 0 Å². The van der Waals surface area contributed by atoms with Gasteiger partial charge in [0.2, 0.25) is 5.91 Å². The molecule has 1 saturated carbocycles. The molecule has 0 radical (unpaired) electrons. The molecular weight excluding hydrogens is 278 g/mol. The van der Waals surface area contributed by atoms with Crippen LogP contribution in [0.5, 0.6) is 0 Å². The maximum Gasteiger partial charge on any atom is 0.226 e. The van der Waals surface area contributed by atoms with Crippen LogP contribution in [-0.2, 0) is 22.5 Å². The van der Waals surface area contributed by atoms with E-state index in [-0.39, 0.29) is 11.3 Å². The highest BCUT2D eigenvalue weighted by Crippen LogP contribution is 2.59. The molecule has 2 atom stereocenters. The highest BCUT2D eigenvalue weighted by atomic mass is 16.5.